The summed E-state index contributed by atoms with van der Waals surface area (Å²) in [6.07, 6.45) is 3.14. The number of carbonyl (C=O) groups is 1. The fourth-order valence-corrected chi connectivity index (χ4v) is 3.15. The number of nitrogens with one attached hydrogen (secondary N) is 1. The minimum atomic E-state index is -0.387. The number of benzene rings is 1. The van der Waals surface area contributed by atoms with Crippen molar-refractivity contribution in [1.29, 1.82) is 0 Å². The summed E-state index contributed by atoms with van der Waals surface area (Å²) in [6, 6.07) is 12.8. The molecular weight excluding hydrogens is 390 g/mol. The number of hydrogen-bond acceptors (Lipinski definition) is 5. The molecule has 0 aliphatic rings. The molecule has 29 heavy (non-hydrogen) atoms. The number of aromatic nitrogens is 6. The number of amides is 1. The number of halogens is 1. The van der Waals surface area contributed by atoms with Crippen LogP contribution in [0.3, 0.4) is 0 Å². The molecule has 0 saturated heterocycles. The highest BCUT2D eigenvalue weighted by Gasteiger charge is 2.15. The van der Waals surface area contributed by atoms with E-state index in [-0.39, 0.29) is 16.6 Å². The van der Waals surface area contributed by atoms with Crippen molar-refractivity contribution in [3.8, 4) is 5.82 Å². The van der Waals surface area contributed by atoms with Gasteiger partial charge in [-0.15, -0.1) is 0 Å². The van der Waals surface area contributed by atoms with Crippen molar-refractivity contribution < 1.29 is 4.79 Å². The Morgan fingerprint density at radius 2 is 1.93 bits per heavy atom. The van der Waals surface area contributed by atoms with Crippen LogP contribution in [0.1, 0.15) is 27.4 Å². The average molecular weight is 408 g/mol. The van der Waals surface area contributed by atoms with Crippen LogP contribution in [-0.4, -0.2) is 35.4 Å². The number of nitrogens with zero attached hydrogens (tertiary/aromatic N) is 6. The molecule has 1 aromatic carbocycles. The predicted molar refractivity (Wildman–Crippen MR) is 109 cm³/mol. The lowest BCUT2D eigenvalue weighted by molar-refractivity contribution is 0.102. The van der Waals surface area contributed by atoms with Gasteiger partial charge in [-0.25, -0.2) is 19.3 Å². The van der Waals surface area contributed by atoms with Crippen LogP contribution in [0.4, 0.5) is 5.69 Å². The Bertz CT molecular complexity index is 1150. The molecule has 0 radical (unpaired) electrons. The first-order valence-electron chi connectivity index (χ1n) is 8.92. The largest absolute Gasteiger partial charge is 0.321 e. The van der Waals surface area contributed by atoms with Gasteiger partial charge in [-0.1, -0.05) is 23.7 Å². The zero-order valence-electron chi connectivity index (χ0n) is 15.9. The minimum Gasteiger partial charge on any atom is -0.321 e. The van der Waals surface area contributed by atoms with Gasteiger partial charge in [0.15, 0.2) is 5.82 Å². The van der Waals surface area contributed by atoms with E-state index >= 15 is 0 Å². The molecule has 0 saturated carbocycles. The first-order chi connectivity index (χ1) is 14.0. The van der Waals surface area contributed by atoms with Gasteiger partial charge < -0.3 is 5.32 Å². The van der Waals surface area contributed by atoms with E-state index in [1.165, 1.54) is 6.33 Å². The predicted octanol–water partition coefficient (Wildman–Crippen LogP) is 3.43. The Morgan fingerprint density at radius 1 is 1.14 bits per heavy atom. The molecule has 3 heterocycles. The third-order valence-corrected chi connectivity index (χ3v) is 4.60. The zero-order valence-corrected chi connectivity index (χ0v) is 16.6. The highest BCUT2D eigenvalue weighted by molar-refractivity contribution is 6.34. The highest BCUT2D eigenvalue weighted by atomic mass is 35.5. The van der Waals surface area contributed by atoms with Crippen LogP contribution in [0.2, 0.25) is 5.02 Å². The summed E-state index contributed by atoms with van der Waals surface area (Å²) in [6.45, 7) is 4.43. The summed E-state index contributed by atoms with van der Waals surface area (Å²) >= 11 is 6.23. The van der Waals surface area contributed by atoms with Crippen molar-refractivity contribution in [1.82, 2.24) is 29.5 Å². The van der Waals surface area contributed by atoms with Crippen LogP contribution < -0.4 is 5.32 Å². The molecule has 4 rings (SSSR count). The summed E-state index contributed by atoms with van der Waals surface area (Å²) in [5.74, 6) is 0.149. The van der Waals surface area contributed by atoms with E-state index in [0.717, 1.165) is 17.0 Å². The normalized spacial score (nSPS) is 10.9. The lowest BCUT2D eigenvalue weighted by Crippen LogP contribution is -2.16. The van der Waals surface area contributed by atoms with Crippen LogP contribution in [0.25, 0.3) is 5.82 Å². The molecule has 9 heteroatoms. The zero-order chi connectivity index (χ0) is 20.4. The maximum atomic E-state index is 12.7. The molecule has 0 fully saturated rings. The number of hydrogen-bond donors (Lipinski definition) is 1. The van der Waals surface area contributed by atoms with Gasteiger partial charge >= 0.3 is 0 Å². The van der Waals surface area contributed by atoms with E-state index in [4.69, 9.17) is 11.6 Å². The molecule has 3 aromatic heterocycles. The molecule has 1 N–H and O–H groups in total. The van der Waals surface area contributed by atoms with Gasteiger partial charge in [0, 0.05) is 11.4 Å². The van der Waals surface area contributed by atoms with Crippen LogP contribution in [-0.2, 0) is 6.54 Å². The molecule has 1 amide bonds. The molecule has 4 aromatic rings. The van der Waals surface area contributed by atoms with Gasteiger partial charge in [0.05, 0.1) is 17.3 Å². The Hall–Kier alpha value is -3.52. The molecule has 0 atom stereocenters. The third-order valence-electron chi connectivity index (χ3n) is 4.30. The molecule has 0 spiro atoms. The van der Waals surface area contributed by atoms with E-state index in [1.54, 1.807) is 27.8 Å². The van der Waals surface area contributed by atoms with E-state index < -0.39 is 0 Å². The van der Waals surface area contributed by atoms with Crippen molar-refractivity contribution in [2.45, 2.75) is 20.4 Å². The quantitative estimate of drug-likeness (QED) is 0.547. The van der Waals surface area contributed by atoms with Crippen molar-refractivity contribution in [2.24, 2.45) is 0 Å². The van der Waals surface area contributed by atoms with Gasteiger partial charge in [-0.2, -0.15) is 10.2 Å². The fraction of sp³-hybridized carbons (Fsp3) is 0.150. The number of carbonyl (C=O) groups excluding carboxylic acids is 1. The minimum absolute atomic E-state index is 0.142. The Labute approximate surface area is 172 Å². The number of pyridine rings is 1. The third kappa shape index (κ3) is 4.17. The molecule has 0 aliphatic carbocycles. The number of rotatable bonds is 5. The highest BCUT2D eigenvalue weighted by Crippen LogP contribution is 2.19. The van der Waals surface area contributed by atoms with Gasteiger partial charge in [-0.3, -0.25) is 4.79 Å². The summed E-state index contributed by atoms with van der Waals surface area (Å²) in [5, 5.41) is 11.6. The standard InChI is InChI=1S/C20H18ClN7O/c1-13-9-14(2)28(26-13)18-8-7-17(21)19(25-18)20(29)24-16-5-3-15(4-6-16)10-27-12-22-11-23-27/h3-9,11-12H,10H2,1-2H3,(H,24,29). The van der Waals surface area contributed by atoms with Crippen molar-refractivity contribution in [3.05, 3.63) is 82.8 Å². The van der Waals surface area contributed by atoms with Crippen molar-refractivity contribution in [2.75, 3.05) is 5.32 Å². The fourth-order valence-electron chi connectivity index (χ4n) is 2.96. The maximum Gasteiger partial charge on any atom is 0.275 e. The van der Waals surface area contributed by atoms with E-state index in [0.29, 0.717) is 18.1 Å². The Balaban J connectivity index is 1.52. The summed E-state index contributed by atoms with van der Waals surface area (Å²) in [5.41, 5.74) is 3.62. The first-order valence-corrected chi connectivity index (χ1v) is 9.30. The molecule has 146 valence electrons. The first kappa shape index (κ1) is 18.8. The van der Waals surface area contributed by atoms with Gasteiger partial charge in [0.25, 0.3) is 5.91 Å². The topological polar surface area (TPSA) is 90.5 Å². The SMILES string of the molecule is Cc1cc(C)n(-c2ccc(Cl)c(C(=O)Nc3ccc(Cn4cncn4)cc3)n2)n1. The monoisotopic (exact) mass is 407 g/mol. The second kappa shape index (κ2) is 7.84. The smallest absolute Gasteiger partial charge is 0.275 e. The summed E-state index contributed by atoms with van der Waals surface area (Å²) < 4.78 is 3.41. The molecular formula is C20H18ClN7O. The summed E-state index contributed by atoms with van der Waals surface area (Å²) in [7, 11) is 0. The Morgan fingerprint density at radius 3 is 2.59 bits per heavy atom. The van der Waals surface area contributed by atoms with Crippen LogP contribution in [0.15, 0.2) is 55.1 Å². The van der Waals surface area contributed by atoms with Gasteiger partial charge in [0.1, 0.15) is 18.3 Å². The Kier molecular flexibility index (Phi) is 5.09. The van der Waals surface area contributed by atoms with Crippen LogP contribution >= 0.6 is 11.6 Å². The van der Waals surface area contributed by atoms with E-state index in [2.05, 4.69) is 25.5 Å². The molecule has 0 unspecified atom stereocenters. The van der Waals surface area contributed by atoms with Crippen LogP contribution in [0.5, 0.6) is 0 Å². The molecule has 0 aliphatic heterocycles. The van der Waals surface area contributed by atoms with Crippen LogP contribution in [0, 0.1) is 13.8 Å². The van der Waals surface area contributed by atoms with Crippen molar-refractivity contribution in [3.63, 3.8) is 0 Å². The lowest BCUT2D eigenvalue weighted by Gasteiger charge is -2.10. The van der Waals surface area contributed by atoms with E-state index in [9.17, 15) is 4.79 Å². The summed E-state index contributed by atoms with van der Waals surface area (Å²) in [4.78, 5) is 21.1. The number of anilines is 1. The van der Waals surface area contributed by atoms with E-state index in [1.807, 2.05) is 44.2 Å². The number of aryl methyl sites for hydroxylation is 2. The molecule has 8 nitrogen and oxygen atoms in total. The second-order valence-electron chi connectivity index (χ2n) is 6.58. The molecule has 0 bridgehead atoms. The van der Waals surface area contributed by atoms with Gasteiger partial charge in [-0.05, 0) is 49.7 Å². The lowest BCUT2D eigenvalue weighted by atomic mass is 10.2. The maximum absolute atomic E-state index is 12.7. The van der Waals surface area contributed by atoms with Crippen molar-refractivity contribution >= 4 is 23.2 Å². The second-order valence-corrected chi connectivity index (χ2v) is 6.99. The average Bonchev–Trinajstić information content (AvgIpc) is 3.33. The van der Waals surface area contributed by atoms with Gasteiger partial charge in [0.2, 0.25) is 0 Å².